The summed E-state index contributed by atoms with van der Waals surface area (Å²) in [5.74, 6) is 0.668. The Balaban J connectivity index is 1.48. The molecule has 148 valence electrons. The molecule has 0 bridgehead atoms. The summed E-state index contributed by atoms with van der Waals surface area (Å²) < 4.78 is 3.41. The minimum atomic E-state index is -0.0150. The van der Waals surface area contributed by atoms with E-state index in [9.17, 15) is 4.79 Å². The van der Waals surface area contributed by atoms with Gasteiger partial charge in [-0.15, -0.1) is 27.1 Å². The van der Waals surface area contributed by atoms with Crippen molar-refractivity contribution in [1.29, 1.82) is 0 Å². The number of carbonyl (C=O) groups excluding carboxylic acids is 1. The van der Waals surface area contributed by atoms with Gasteiger partial charge in [-0.2, -0.15) is 9.61 Å². The van der Waals surface area contributed by atoms with Crippen LogP contribution >= 0.6 is 11.8 Å². The Hall–Kier alpha value is -3.20. The topological polar surface area (TPSA) is 90.0 Å². The molecule has 0 unspecified atom stereocenters. The van der Waals surface area contributed by atoms with E-state index in [1.807, 2.05) is 56.5 Å². The number of hydrogen-bond donors (Lipinski definition) is 1. The molecule has 0 radical (unpaired) electrons. The van der Waals surface area contributed by atoms with Crippen molar-refractivity contribution in [3.63, 3.8) is 0 Å². The van der Waals surface area contributed by atoms with Gasteiger partial charge in [0, 0.05) is 22.7 Å². The molecular weight excluding hydrogens is 386 g/mol. The fraction of sp³-hybridized carbons (Fsp3) is 0.250. The Morgan fingerprint density at radius 1 is 1.17 bits per heavy atom. The second-order valence-electron chi connectivity index (χ2n) is 6.67. The zero-order chi connectivity index (χ0) is 20.4. The van der Waals surface area contributed by atoms with Crippen LogP contribution in [0.4, 0.5) is 5.69 Å². The maximum absolute atomic E-state index is 12.4. The number of anilines is 1. The van der Waals surface area contributed by atoms with Crippen LogP contribution in [0, 0.1) is 13.8 Å². The first-order valence-corrected chi connectivity index (χ1v) is 10.4. The minimum Gasteiger partial charge on any atom is -0.326 e. The summed E-state index contributed by atoms with van der Waals surface area (Å²) in [7, 11) is 0. The molecule has 1 aromatic carbocycles. The first kappa shape index (κ1) is 19.1. The van der Waals surface area contributed by atoms with Gasteiger partial charge in [-0.05, 0) is 62.4 Å². The molecule has 4 aromatic rings. The standard InChI is InChI=1S/C20H21N7OS/c1-13-17(7-10-20(28)22-15-5-4-6-16(11-15)29-3)14(2)27(24-13)19-9-8-18-23-21-12-26(18)25-19/h4-6,8-9,11-12H,7,10H2,1-3H3,(H,22,28). The lowest BCUT2D eigenvalue weighted by molar-refractivity contribution is -0.116. The van der Waals surface area contributed by atoms with Crippen LogP contribution in [0.1, 0.15) is 23.4 Å². The predicted molar refractivity (Wildman–Crippen MR) is 113 cm³/mol. The van der Waals surface area contributed by atoms with E-state index in [4.69, 9.17) is 0 Å². The lowest BCUT2D eigenvalue weighted by atomic mass is 10.1. The molecule has 0 saturated carbocycles. The van der Waals surface area contributed by atoms with Crippen LogP contribution in [0.15, 0.2) is 47.6 Å². The largest absolute Gasteiger partial charge is 0.326 e. The van der Waals surface area contributed by atoms with E-state index in [0.717, 1.165) is 27.5 Å². The van der Waals surface area contributed by atoms with E-state index < -0.39 is 0 Å². The molecule has 0 spiro atoms. The molecule has 0 fully saturated rings. The third-order valence-corrected chi connectivity index (χ3v) is 5.49. The Morgan fingerprint density at radius 2 is 2.03 bits per heavy atom. The summed E-state index contributed by atoms with van der Waals surface area (Å²) in [6, 6.07) is 11.6. The highest BCUT2D eigenvalue weighted by Gasteiger charge is 2.15. The summed E-state index contributed by atoms with van der Waals surface area (Å²) in [5, 5.41) is 19.9. The van der Waals surface area contributed by atoms with Gasteiger partial charge in [-0.3, -0.25) is 4.79 Å². The maximum atomic E-state index is 12.4. The molecule has 9 heteroatoms. The van der Waals surface area contributed by atoms with Crippen molar-refractivity contribution in [2.45, 2.75) is 31.6 Å². The first-order chi connectivity index (χ1) is 14.0. The zero-order valence-corrected chi connectivity index (χ0v) is 17.3. The minimum absolute atomic E-state index is 0.0150. The maximum Gasteiger partial charge on any atom is 0.224 e. The molecule has 1 amide bonds. The van der Waals surface area contributed by atoms with Gasteiger partial charge in [0.25, 0.3) is 0 Å². The number of thioether (sulfide) groups is 1. The van der Waals surface area contributed by atoms with Crippen molar-refractivity contribution in [2.24, 2.45) is 0 Å². The first-order valence-electron chi connectivity index (χ1n) is 9.21. The molecule has 3 aromatic heterocycles. The summed E-state index contributed by atoms with van der Waals surface area (Å²) in [5.41, 5.74) is 4.42. The quantitative estimate of drug-likeness (QED) is 0.494. The van der Waals surface area contributed by atoms with Crippen molar-refractivity contribution in [2.75, 3.05) is 11.6 Å². The van der Waals surface area contributed by atoms with Gasteiger partial charge in [-0.25, -0.2) is 4.68 Å². The summed E-state index contributed by atoms with van der Waals surface area (Å²) >= 11 is 1.65. The van der Waals surface area contributed by atoms with Gasteiger partial charge in [-0.1, -0.05) is 6.07 Å². The van der Waals surface area contributed by atoms with Crippen molar-refractivity contribution in [3.8, 4) is 5.82 Å². The monoisotopic (exact) mass is 407 g/mol. The molecule has 0 aliphatic heterocycles. The molecule has 8 nitrogen and oxygen atoms in total. The van der Waals surface area contributed by atoms with Crippen molar-refractivity contribution in [1.82, 2.24) is 29.6 Å². The van der Waals surface area contributed by atoms with Crippen LogP contribution in [0.25, 0.3) is 11.5 Å². The highest BCUT2D eigenvalue weighted by atomic mass is 32.2. The predicted octanol–water partition coefficient (Wildman–Crippen LogP) is 3.22. The van der Waals surface area contributed by atoms with Gasteiger partial charge in [0.2, 0.25) is 5.91 Å². The molecule has 3 heterocycles. The average molecular weight is 408 g/mol. The third kappa shape index (κ3) is 4.00. The zero-order valence-electron chi connectivity index (χ0n) is 16.5. The Morgan fingerprint density at radius 3 is 2.86 bits per heavy atom. The second kappa shape index (κ2) is 8.04. The molecule has 0 saturated heterocycles. The van der Waals surface area contributed by atoms with Gasteiger partial charge < -0.3 is 5.32 Å². The van der Waals surface area contributed by atoms with Crippen LogP contribution in [0.5, 0.6) is 0 Å². The fourth-order valence-electron chi connectivity index (χ4n) is 3.25. The number of hydrogen-bond acceptors (Lipinski definition) is 6. The SMILES string of the molecule is CSc1cccc(NC(=O)CCc2c(C)nn(-c3ccc4nncn4n3)c2C)c1. The van der Waals surface area contributed by atoms with Crippen LogP contribution in [0.2, 0.25) is 0 Å². The summed E-state index contributed by atoms with van der Waals surface area (Å²) in [4.78, 5) is 13.5. The van der Waals surface area contributed by atoms with E-state index in [2.05, 4.69) is 25.7 Å². The van der Waals surface area contributed by atoms with Gasteiger partial charge in [0.05, 0.1) is 5.69 Å². The number of rotatable bonds is 6. The molecule has 0 aliphatic carbocycles. The van der Waals surface area contributed by atoms with E-state index in [1.54, 1.807) is 27.3 Å². The number of aromatic nitrogens is 6. The van der Waals surface area contributed by atoms with Gasteiger partial charge >= 0.3 is 0 Å². The lowest BCUT2D eigenvalue weighted by Gasteiger charge is -2.07. The van der Waals surface area contributed by atoms with Gasteiger partial charge in [0.15, 0.2) is 11.5 Å². The van der Waals surface area contributed by atoms with Crippen molar-refractivity contribution >= 4 is 29.0 Å². The number of nitrogens with one attached hydrogen (secondary N) is 1. The Labute approximate surface area is 172 Å². The number of benzene rings is 1. The van der Waals surface area contributed by atoms with E-state index in [-0.39, 0.29) is 5.91 Å². The van der Waals surface area contributed by atoms with E-state index in [1.165, 1.54) is 0 Å². The molecule has 0 atom stereocenters. The normalized spacial score (nSPS) is 11.1. The smallest absolute Gasteiger partial charge is 0.224 e. The fourth-order valence-corrected chi connectivity index (χ4v) is 3.71. The van der Waals surface area contributed by atoms with Crippen LogP contribution in [-0.4, -0.2) is 41.8 Å². The Bertz CT molecular complexity index is 1180. The second-order valence-corrected chi connectivity index (χ2v) is 7.55. The van der Waals surface area contributed by atoms with E-state index >= 15 is 0 Å². The van der Waals surface area contributed by atoms with Crippen molar-refractivity contribution < 1.29 is 4.79 Å². The van der Waals surface area contributed by atoms with Gasteiger partial charge in [0.1, 0.15) is 6.33 Å². The average Bonchev–Trinajstić information content (AvgIpc) is 3.30. The van der Waals surface area contributed by atoms with Crippen LogP contribution in [0.3, 0.4) is 0 Å². The Kier molecular flexibility index (Phi) is 5.30. The molecule has 0 aliphatic rings. The summed E-state index contributed by atoms with van der Waals surface area (Å²) in [6.07, 6.45) is 4.57. The van der Waals surface area contributed by atoms with Crippen LogP contribution in [-0.2, 0) is 11.2 Å². The molecular formula is C20H21N7OS. The highest BCUT2D eigenvalue weighted by Crippen LogP contribution is 2.21. The third-order valence-electron chi connectivity index (χ3n) is 4.76. The van der Waals surface area contributed by atoms with Crippen LogP contribution < -0.4 is 5.32 Å². The molecule has 4 rings (SSSR count). The number of aryl methyl sites for hydroxylation is 1. The summed E-state index contributed by atoms with van der Waals surface area (Å²) in [6.45, 7) is 3.95. The van der Waals surface area contributed by atoms with E-state index in [0.29, 0.717) is 24.3 Å². The number of nitrogens with zero attached hydrogens (tertiary/aromatic N) is 6. The number of carbonyl (C=O) groups is 1. The lowest BCUT2D eigenvalue weighted by Crippen LogP contribution is -2.12. The number of amides is 1. The number of fused-ring (bicyclic) bond motifs is 1. The van der Waals surface area contributed by atoms with Crippen molar-refractivity contribution in [3.05, 3.63) is 59.7 Å². The molecule has 29 heavy (non-hydrogen) atoms. The highest BCUT2D eigenvalue weighted by molar-refractivity contribution is 7.98. The molecule has 1 N–H and O–H groups in total.